The van der Waals surface area contributed by atoms with Gasteiger partial charge in [-0.25, -0.2) is 4.99 Å². The predicted molar refractivity (Wildman–Crippen MR) is 106 cm³/mol. The van der Waals surface area contributed by atoms with Gasteiger partial charge in [0.1, 0.15) is 0 Å². The molecule has 0 aromatic heterocycles. The van der Waals surface area contributed by atoms with Crippen LogP contribution in [0.1, 0.15) is 29.2 Å². The summed E-state index contributed by atoms with van der Waals surface area (Å²) in [4.78, 5) is 9.68. The highest BCUT2D eigenvalue weighted by Crippen LogP contribution is 2.34. The van der Waals surface area contributed by atoms with Gasteiger partial charge in [-0.15, -0.1) is 0 Å². The Morgan fingerprint density at radius 3 is 2.04 bits per heavy atom. The molecule has 0 bridgehead atoms. The van der Waals surface area contributed by atoms with Gasteiger partial charge < -0.3 is 0 Å². The Balaban J connectivity index is 1.84. The molecule has 0 fully saturated rings. The van der Waals surface area contributed by atoms with E-state index in [1.807, 2.05) is 12.1 Å². The normalized spacial score (nSPS) is 12.5. The molecular weight excluding hydrogens is 304 g/mol. The highest BCUT2D eigenvalue weighted by Gasteiger charge is 2.15. The average molecular weight is 324 g/mol. The van der Waals surface area contributed by atoms with E-state index < -0.39 is 0 Å². The Morgan fingerprint density at radius 2 is 1.44 bits per heavy atom. The van der Waals surface area contributed by atoms with Crippen molar-refractivity contribution in [2.24, 2.45) is 9.98 Å². The third kappa shape index (κ3) is 3.16. The zero-order valence-electron chi connectivity index (χ0n) is 14.5. The highest BCUT2D eigenvalue weighted by atomic mass is 14.8. The molecule has 3 aromatic rings. The van der Waals surface area contributed by atoms with Gasteiger partial charge in [0.05, 0.1) is 17.1 Å². The lowest BCUT2D eigenvalue weighted by molar-refractivity contribution is 1.32. The molecule has 0 atom stereocenters. The molecule has 3 aromatic carbocycles. The fourth-order valence-electron chi connectivity index (χ4n) is 3.31. The molecule has 0 spiro atoms. The SMILES string of the molecule is CC1=Nc2c(C)cc(N=C(c3ccccc3)c3ccccc3)cc2C1. The summed E-state index contributed by atoms with van der Waals surface area (Å²) >= 11 is 0. The van der Waals surface area contributed by atoms with Crippen LogP contribution in [0, 0.1) is 6.92 Å². The monoisotopic (exact) mass is 324 g/mol. The molecule has 2 nitrogen and oxygen atoms in total. The van der Waals surface area contributed by atoms with Crippen molar-refractivity contribution in [3.8, 4) is 0 Å². The number of benzene rings is 3. The minimum atomic E-state index is 0.922. The molecule has 0 aliphatic carbocycles. The zero-order chi connectivity index (χ0) is 17.2. The van der Waals surface area contributed by atoms with Gasteiger partial charge in [-0.1, -0.05) is 60.7 Å². The van der Waals surface area contributed by atoms with E-state index in [0.717, 1.165) is 34.6 Å². The summed E-state index contributed by atoms with van der Waals surface area (Å²) in [7, 11) is 0. The average Bonchev–Trinajstić information content (AvgIpc) is 3.02. The summed E-state index contributed by atoms with van der Waals surface area (Å²) in [6, 6.07) is 25.0. The standard InChI is InChI=1S/C23H20N2/c1-16-13-21(15-20-14-17(2)24-22(16)20)25-23(18-9-5-3-6-10-18)19-11-7-4-8-12-19/h3-13,15H,14H2,1-2H3. The molecule has 2 heteroatoms. The van der Waals surface area contributed by atoms with E-state index in [9.17, 15) is 0 Å². The molecular formula is C23H20N2. The van der Waals surface area contributed by atoms with Gasteiger partial charge in [0.15, 0.2) is 0 Å². The van der Waals surface area contributed by atoms with E-state index in [4.69, 9.17) is 4.99 Å². The first-order valence-electron chi connectivity index (χ1n) is 8.58. The number of rotatable bonds is 3. The molecule has 0 amide bonds. The maximum atomic E-state index is 5.03. The lowest BCUT2D eigenvalue weighted by Crippen LogP contribution is -2.02. The Bertz CT molecular complexity index is 926. The lowest BCUT2D eigenvalue weighted by Gasteiger charge is -2.09. The van der Waals surface area contributed by atoms with Crippen LogP contribution >= 0.6 is 0 Å². The number of fused-ring (bicyclic) bond motifs is 1. The molecule has 0 N–H and O–H groups in total. The number of hydrogen-bond acceptors (Lipinski definition) is 2. The molecule has 25 heavy (non-hydrogen) atoms. The molecule has 1 heterocycles. The molecule has 0 saturated carbocycles. The summed E-state index contributed by atoms with van der Waals surface area (Å²) in [5.41, 5.74) is 8.99. The van der Waals surface area contributed by atoms with Crippen LogP contribution in [0.2, 0.25) is 0 Å². The van der Waals surface area contributed by atoms with Crippen LogP contribution in [-0.2, 0) is 6.42 Å². The first-order valence-corrected chi connectivity index (χ1v) is 8.58. The van der Waals surface area contributed by atoms with E-state index in [0.29, 0.717) is 0 Å². The molecule has 1 aliphatic heterocycles. The van der Waals surface area contributed by atoms with Gasteiger partial charge in [-0.3, -0.25) is 4.99 Å². The zero-order valence-corrected chi connectivity index (χ0v) is 14.5. The quantitative estimate of drug-likeness (QED) is 0.543. The Kier molecular flexibility index (Phi) is 4.02. The maximum absolute atomic E-state index is 5.03. The number of aliphatic imine (C=N–C) groups is 2. The van der Waals surface area contributed by atoms with Gasteiger partial charge in [-0.05, 0) is 37.1 Å². The van der Waals surface area contributed by atoms with E-state index in [2.05, 4.69) is 79.5 Å². The first-order chi connectivity index (χ1) is 12.2. The van der Waals surface area contributed by atoms with E-state index >= 15 is 0 Å². The van der Waals surface area contributed by atoms with Gasteiger partial charge in [0.25, 0.3) is 0 Å². The minimum absolute atomic E-state index is 0.922. The largest absolute Gasteiger partial charge is 0.257 e. The third-order valence-corrected chi connectivity index (χ3v) is 4.45. The Morgan fingerprint density at radius 1 is 0.840 bits per heavy atom. The third-order valence-electron chi connectivity index (χ3n) is 4.45. The van der Waals surface area contributed by atoms with Crippen LogP contribution in [0.4, 0.5) is 11.4 Å². The number of hydrogen-bond donors (Lipinski definition) is 0. The van der Waals surface area contributed by atoms with Crippen LogP contribution in [0.3, 0.4) is 0 Å². The van der Waals surface area contributed by atoms with Crippen LogP contribution in [0.5, 0.6) is 0 Å². The minimum Gasteiger partial charge on any atom is -0.257 e. The second-order valence-electron chi connectivity index (χ2n) is 6.49. The molecule has 4 rings (SSSR count). The predicted octanol–water partition coefficient (Wildman–Crippen LogP) is 5.81. The van der Waals surface area contributed by atoms with Gasteiger partial charge in [0, 0.05) is 23.3 Å². The van der Waals surface area contributed by atoms with Gasteiger partial charge >= 0.3 is 0 Å². The molecule has 1 aliphatic rings. The van der Waals surface area contributed by atoms with Crippen molar-refractivity contribution in [2.75, 3.05) is 0 Å². The Labute approximate surface area is 148 Å². The van der Waals surface area contributed by atoms with Crippen molar-refractivity contribution in [3.05, 3.63) is 95.1 Å². The summed E-state index contributed by atoms with van der Waals surface area (Å²) in [6.07, 6.45) is 0.922. The van der Waals surface area contributed by atoms with Crippen LogP contribution < -0.4 is 0 Å². The molecule has 122 valence electrons. The fourth-order valence-corrected chi connectivity index (χ4v) is 3.31. The molecule has 0 unspecified atom stereocenters. The van der Waals surface area contributed by atoms with Gasteiger partial charge in [-0.2, -0.15) is 0 Å². The highest BCUT2D eigenvalue weighted by molar-refractivity contribution is 6.14. The molecule has 0 radical (unpaired) electrons. The first kappa shape index (κ1) is 15.5. The second kappa shape index (κ2) is 6.48. The van der Waals surface area contributed by atoms with E-state index in [1.165, 1.54) is 16.8 Å². The van der Waals surface area contributed by atoms with Crippen LogP contribution in [-0.4, -0.2) is 11.4 Å². The summed E-state index contributed by atoms with van der Waals surface area (Å²) in [5.74, 6) is 0. The summed E-state index contributed by atoms with van der Waals surface area (Å²) < 4.78 is 0. The Hall–Kier alpha value is -3.00. The van der Waals surface area contributed by atoms with E-state index in [1.54, 1.807) is 0 Å². The van der Waals surface area contributed by atoms with Crippen molar-refractivity contribution >= 4 is 22.8 Å². The van der Waals surface area contributed by atoms with Crippen molar-refractivity contribution in [1.29, 1.82) is 0 Å². The number of nitrogens with zero attached hydrogens (tertiary/aromatic N) is 2. The summed E-state index contributed by atoms with van der Waals surface area (Å²) in [5, 5.41) is 0. The van der Waals surface area contributed by atoms with Crippen LogP contribution in [0.15, 0.2) is 82.8 Å². The molecule has 0 saturated heterocycles. The summed E-state index contributed by atoms with van der Waals surface area (Å²) in [6.45, 7) is 4.20. The van der Waals surface area contributed by atoms with Gasteiger partial charge in [0.2, 0.25) is 0 Å². The maximum Gasteiger partial charge on any atom is 0.0781 e. The fraction of sp³-hybridized carbons (Fsp3) is 0.130. The van der Waals surface area contributed by atoms with E-state index in [-0.39, 0.29) is 0 Å². The van der Waals surface area contributed by atoms with Crippen molar-refractivity contribution < 1.29 is 0 Å². The van der Waals surface area contributed by atoms with Crippen molar-refractivity contribution in [3.63, 3.8) is 0 Å². The number of aryl methyl sites for hydroxylation is 1. The topological polar surface area (TPSA) is 24.7 Å². The van der Waals surface area contributed by atoms with Crippen LogP contribution in [0.25, 0.3) is 0 Å². The second-order valence-corrected chi connectivity index (χ2v) is 6.49. The van der Waals surface area contributed by atoms with Crippen molar-refractivity contribution in [1.82, 2.24) is 0 Å². The smallest absolute Gasteiger partial charge is 0.0781 e. The lowest BCUT2D eigenvalue weighted by atomic mass is 10.0. The van der Waals surface area contributed by atoms with Crippen molar-refractivity contribution in [2.45, 2.75) is 20.3 Å².